The Kier molecular flexibility index (Phi) is 3.40. The van der Waals surface area contributed by atoms with Gasteiger partial charge in [-0.05, 0) is 23.6 Å². The van der Waals surface area contributed by atoms with Crippen LogP contribution in [0.3, 0.4) is 0 Å². The highest BCUT2D eigenvalue weighted by atomic mass is 16.5. The molecule has 0 radical (unpaired) electrons. The first-order valence-electron chi connectivity index (χ1n) is 8.89. The second-order valence-corrected chi connectivity index (χ2v) is 6.91. The van der Waals surface area contributed by atoms with E-state index < -0.39 is 11.5 Å². The zero-order chi connectivity index (χ0) is 18.4. The van der Waals surface area contributed by atoms with E-state index >= 15 is 0 Å². The van der Waals surface area contributed by atoms with Crippen LogP contribution in [-0.4, -0.2) is 28.4 Å². The van der Waals surface area contributed by atoms with E-state index in [2.05, 4.69) is 10.5 Å². The molecule has 134 valence electrons. The van der Waals surface area contributed by atoms with E-state index in [1.54, 1.807) is 11.0 Å². The van der Waals surface area contributed by atoms with Crippen molar-refractivity contribution >= 4 is 17.5 Å². The Morgan fingerprint density at radius 2 is 1.89 bits per heavy atom. The third-order valence-corrected chi connectivity index (χ3v) is 5.61. The molecule has 2 atom stereocenters. The largest absolute Gasteiger partial charge is 0.351 e. The minimum Gasteiger partial charge on any atom is -0.351 e. The standard InChI is InChI=1S/C21H17N3O3/c25-19(17-10-12-22-27-17)24-13-11-21(18(24)14-6-2-1-3-7-14)15-8-4-5-9-16(15)23-20(21)26/h1-10,12,18H,11,13H2,(H,23,26)/t18-,21+/m0/s1. The molecular weight excluding hydrogens is 342 g/mol. The molecule has 1 spiro atoms. The van der Waals surface area contributed by atoms with Gasteiger partial charge in [0.05, 0.1) is 12.2 Å². The van der Waals surface area contributed by atoms with Crippen LogP contribution in [0.4, 0.5) is 5.69 Å². The summed E-state index contributed by atoms with van der Waals surface area (Å²) in [5.74, 6) is -0.138. The van der Waals surface area contributed by atoms with Crippen molar-refractivity contribution in [1.29, 1.82) is 0 Å². The molecule has 0 aliphatic carbocycles. The summed E-state index contributed by atoms with van der Waals surface area (Å²) in [4.78, 5) is 28.1. The lowest BCUT2D eigenvalue weighted by Gasteiger charge is -2.34. The molecule has 2 amide bonds. The van der Waals surface area contributed by atoms with E-state index in [4.69, 9.17) is 4.52 Å². The van der Waals surface area contributed by atoms with E-state index in [-0.39, 0.29) is 17.6 Å². The molecular formula is C21H17N3O3. The van der Waals surface area contributed by atoms with Gasteiger partial charge >= 0.3 is 0 Å². The smallest absolute Gasteiger partial charge is 0.293 e. The number of fused-ring (bicyclic) bond motifs is 2. The van der Waals surface area contributed by atoms with Crippen molar-refractivity contribution in [1.82, 2.24) is 10.1 Å². The Balaban J connectivity index is 1.69. The summed E-state index contributed by atoms with van der Waals surface area (Å²) in [6, 6.07) is 18.6. The highest BCUT2D eigenvalue weighted by molar-refractivity contribution is 6.08. The van der Waals surface area contributed by atoms with Crippen molar-refractivity contribution in [2.24, 2.45) is 0 Å². The number of nitrogens with zero attached hydrogens (tertiary/aromatic N) is 2. The van der Waals surface area contributed by atoms with Gasteiger partial charge in [-0.15, -0.1) is 0 Å². The van der Waals surface area contributed by atoms with E-state index in [0.29, 0.717) is 13.0 Å². The lowest BCUT2D eigenvalue weighted by atomic mass is 9.72. The van der Waals surface area contributed by atoms with Crippen LogP contribution < -0.4 is 5.32 Å². The molecule has 1 N–H and O–H groups in total. The molecule has 2 aliphatic heterocycles. The fourth-order valence-corrected chi connectivity index (χ4v) is 4.47. The van der Waals surface area contributed by atoms with Crippen LogP contribution in [0.15, 0.2) is 71.4 Å². The predicted octanol–water partition coefficient (Wildman–Crippen LogP) is 3.15. The molecule has 0 bridgehead atoms. The minimum atomic E-state index is -0.812. The molecule has 2 aromatic carbocycles. The number of aromatic nitrogens is 1. The van der Waals surface area contributed by atoms with Gasteiger partial charge < -0.3 is 14.7 Å². The number of likely N-dealkylation sites (tertiary alicyclic amines) is 1. The van der Waals surface area contributed by atoms with Crippen LogP contribution >= 0.6 is 0 Å². The molecule has 0 saturated carbocycles. The first kappa shape index (κ1) is 15.8. The van der Waals surface area contributed by atoms with Crippen molar-refractivity contribution < 1.29 is 14.1 Å². The van der Waals surface area contributed by atoms with Gasteiger partial charge in [-0.25, -0.2) is 0 Å². The molecule has 6 heteroatoms. The summed E-state index contributed by atoms with van der Waals surface area (Å²) in [6.07, 6.45) is 2.00. The number of anilines is 1. The Morgan fingerprint density at radius 1 is 1.11 bits per heavy atom. The zero-order valence-corrected chi connectivity index (χ0v) is 14.5. The maximum atomic E-state index is 13.2. The summed E-state index contributed by atoms with van der Waals surface area (Å²) >= 11 is 0. The maximum absolute atomic E-state index is 13.2. The number of carbonyl (C=O) groups excluding carboxylic acids is 2. The zero-order valence-electron chi connectivity index (χ0n) is 14.5. The average molecular weight is 359 g/mol. The fourth-order valence-electron chi connectivity index (χ4n) is 4.47. The third kappa shape index (κ3) is 2.16. The Labute approximate surface area is 155 Å². The minimum absolute atomic E-state index is 0.0644. The fraction of sp³-hybridized carbons (Fsp3) is 0.190. The quantitative estimate of drug-likeness (QED) is 0.763. The van der Waals surface area contributed by atoms with E-state index in [1.165, 1.54) is 6.20 Å². The SMILES string of the molecule is O=C(c1ccno1)N1CC[C@]2(C(=O)Nc3ccccc32)[C@@H]1c1ccccc1. The second-order valence-electron chi connectivity index (χ2n) is 6.91. The van der Waals surface area contributed by atoms with Crippen LogP contribution in [0.1, 0.15) is 34.1 Å². The summed E-state index contributed by atoms with van der Waals surface area (Å²) in [5.41, 5.74) is 1.87. The predicted molar refractivity (Wildman–Crippen MR) is 98.1 cm³/mol. The number of benzene rings is 2. The van der Waals surface area contributed by atoms with Crippen LogP contribution in [0.25, 0.3) is 0 Å². The number of nitrogens with one attached hydrogen (secondary N) is 1. The second kappa shape index (κ2) is 5.81. The van der Waals surface area contributed by atoms with E-state index in [1.807, 2.05) is 54.6 Å². The van der Waals surface area contributed by atoms with Crippen LogP contribution in [0, 0.1) is 0 Å². The van der Waals surface area contributed by atoms with E-state index in [0.717, 1.165) is 16.8 Å². The lowest BCUT2D eigenvalue weighted by Crippen LogP contribution is -2.42. The topological polar surface area (TPSA) is 75.4 Å². The number of para-hydroxylation sites is 1. The van der Waals surface area contributed by atoms with Crippen molar-refractivity contribution in [2.45, 2.75) is 17.9 Å². The van der Waals surface area contributed by atoms with Gasteiger partial charge in [-0.1, -0.05) is 53.7 Å². The van der Waals surface area contributed by atoms with Crippen LogP contribution in [-0.2, 0) is 10.2 Å². The third-order valence-electron chi connectivity index (χ3n) is 5.61. The van der Waals surface area contributed by atoms with Crippen molar-refractivity contribution in [3.05, 3.63) is 83.7 Å². The Bertz CT molecular complexity index is 1020. The molecule has 1 fully saturated rings. The molecule has 6 nitrogen and oxygen atoms in total. The number of carbonyl (C=O) groups is 2. The molecule has 3 aromatic rings. The number of hydrogen-bond donors (Lipinski definition) is 1. The molecule has 27 heavy (non-hydrogen) atoms. The van der Waals surface area contributed by atoms with Crippen molar-refractivity contribution in [2.75, 3.05) is 11.9 Å². The number of rotatable bonds is 2. The molecule has 3 heterocycles. The van der Waals surface area contributed by atoms with Crippen molar-refractivity contribution in [3.8, 4) is 0 Å². The molecule has 0 unspecified atom stereocenters. The van der Waals surface area contributed by atoms with Crippen LogP contribution in [0.5, 0.6) is 0 Å². The summed E-state index contributed by atoms with van der Waals surface area (Å²) in [5, 5.41) is 6.66. The molecule has 1 aromatic heterocycles. The summed E-state index contributed by atoms with van der Waals surface area (Å²) < 4.78 is 5.10. The monoisotopic (exact) mass is 359 g/mol. The van der Waals surface area contributed by atoms with Gasteiger partial charge in [-0.2, -0.15) is 0 Å². The summed E-state index contributed by atoms with van der Waals surface area (Å²) in [7, 11) is 0. The van der Waals surface area contributed by atoms with Crippen molar-refractivity contribution in [3.63, 3.8) is 0 Å². The highest BCUT2D eigenvalue weighted by Gasteiger charge is 2.59. The molecule has 5 rings (SSSR count). The van der Waals surface area contributed by atoms with Gasteiger partial charge in [0.25, 0.3) is 5.91 Å². The number of amides is 2. The first-order valence-corrected chi connectivity index (χ1v) is 8.89. The Morgan fingerprint density at radius 3 is 2.67 bits per heavy atom. The van der Waals surface area contributed by atoms with Crippen LogP contribution in [0.2, 0.25) is 0 Å². The lowest BCUT2D eigenvalue weighted by molar-refractivity contribution is -0.121. The summed E-state index contributed by atoms with van der Waals surface area (Å²) in [6.45, 7) is 0.459. The highest BCUT2D eigenvalue weighted by Crippen LogP contribution is 2.54. The normalized spacial score (nSPS) is 23.5. The van der Waals surface area contributed by atoms with Gasteiger partial charge in [0, 0.05) is 18.3 Å². The van der Waals surface area contributed by atoms with Gasteiger partial charge in [0.2, 0.25) is 11.7 Å². The first-order chi connectivity index (χ1) is 13.2. The maximum Gasteiger partial charge on any atom is 0.293 e. The molecule has 1 saturated heterocycles. The van der Waals surface area contributed by atoms with Gasteiger partial charge in [0.15, 0.2) is 0 Å². The van der Waals surface area contributed by atoms with Gasteiger partial charge in [-0.3, -0.25) is 9.59 Å². The van der Waals surface area contributed by atoms with E-state index in [9.17, 15) is 9.59 Å². The number of hydrogen-bond acceptors (Lipinski definition) is 4. The Hall–Kier alpha value is -3.41. The average Bonchev–Trinajstić information content (AvgIpc) is 3.42. The van der Waals surface area contributed by atoms with Gasteiger partial charge in [0.1, 0.15) is 5.41 Å². The molecule has 2 aliphatic rings.